The number of halogens is 2. The summed E-state index contributed by atoms with van der Waals surface area (Å²) in [5.74, 6) is 0.157. The van der Waals surface area contributed by atoms with Gasteiger partial charge in [-0.3, -0.25) is 9.59 Å². The Balaban J connectivity index is 1.18. The number of benzene rings is 4. The van der Waals surface area contributed by atoms with Gasteiger partial charge in [-0.25, -0.2) is 10.4 Å². The van der Waals surface area contributed by atoms with Crippen molar-refractivity contribution in [1.29, 1.82) is 0 Å². The van der Waals surface area contributed by atoms with Crippen molar-refractivity contribution < 1.29 is 19.1 Å². The second-order valence-corrected chi connectivity index (χ2v) is 11.8. The van der Waals surface area contributed by atoms with Crippen molar-refractivity contribution in [3.05, 3.63) is 116 Å². The zero-order chi connectivity index (χ0) is 31.6. The number of rotatable bonds is 12. The molecule has 9 nitrogen and oxygen atoms in total. The minimum Gasteiger partial charge on any atom is -0.490 e. The molecule has 0 unspecified atom stereocenters. The number of nitrogens with one attached hydrogen (secondary N) is 3. The first-order valence-corrected chi connectivity index (χ1v) is 16.1. The lowest BCUT2D eigenvalue weighted by atomic mass is 10.1. The molecule has 0 bridgehead atoms. The van der Waals surface area contributed by atoms with Crippen LogP contribution < -0.4 is 25.5 Å². The van der Waals surface area contributed by atoms with Gasteiger partial charge in [-0.1, -0.05) is 54.1 Å². The molecule has 45 heavy (non-hydrogen) atoms. The number of aromatic nitrogens is 1. The molecule has 4 aromatic carbocycles. The lowest BCUT2D eigenvalue weighted by molar-refractivity contribution is -0.118. The number of hydrazone groups is 1. The van der Waals surface area contributed by atoms with Gasteiger partial charge in [0.1, 0.15) is 0 Å². The van der Waals surface area contributed by atoms with E-state index in [1.54, 1.807) is 42.5 Å². The van der Waals surface area contributed by atoms with Crippen LogP contribution in [-0.4, -0.2) is 36.2 Å². The number of amides is 2. The van der Waals surface area contributed by atoms with E-state index in [-0.39, 0.29) is 18.4 Å². The number of para-hydroxylation sites is 2. The third kappa shape index (κ3) is 8.81. The van der Waals surface area contributed by atoms with Crippen LogP contribution >= 0.6 is 45.5 Å². The van der Waals surface area contributed by atoms with Gasteiger partial charge in [0.15, 0.2) is 23.2 Å². The lowest BCUT2D eigenvalue weighted by Gasteiger charge is -2.15. The fourth-order valence-electron chi connectivity index (χ4n) is 4.08. The molecular weight excluding hydrogens is 725 g/mol. The van der Waals surface area contributed by atoms with Crippen molar-refractivity contribution >= 4 is 80.1 Å². The third-order valence-corrected chi connectivity index (χ3v) is 8.07. The largest absolute Gasteiger partial charge is 0.490 e. The topological polar surface area (TPSA) is 114 Å². The first-order chi connectivity index (χ1) is 21.9. The molecule has 1 aromatic heterocycles. The van der Waals surface area contributed by atoms with Crippen LogP contribution in [0.4, 0.5) is 16.5 Å². The molecule has 5 rings (SSSR count). The molecule has 2 amide bonds. The maximum absolute atomic E-state index is 12.7. The Labute approximate surface area is 282 Å². The molecule has 0 aliphatic rings. The predicted octanol–water partition coefficient (Wildman–Crippen LogP) is 7.99. The van der Waals surface area contributed by atoms with E-state index in [9.17, 15) is 9.59 Å². The van der Waals surface area contributed by atoms with E-state index in [1.807, 2.05) is 60.8 Å². The van der Waals surface area contributed by atoms with E-state index in [0.29, 0.717) is 43.5 Å². The average molecular weight is 752 g/mol. The molecule has 0 radical (unpaired) electrons. The normalized spacial score (nSPS) is 10.8. The maximum Gasteiger partial charge on any atom is 0.271 e. The van der Waals surface area contributed by atoms with Crippen LogP contribution in [0.15, 0.2) is 101 Å². The van der Waals surface area contributed by atoms with Crippen molar-refractivity contribution in [2.75, 3.05) is 23.8 Å². The molecule has 0 saturated carbocycles. The summed E-state index contributed by atoms with van der Waals surface area (Å²) in [7, 11) is 0. The van der Waals surface area contributed by atoms with E-state index in [2.05, 4.69) is 48.7 Å². The number of ether oxygens (including phenoxy) is 2. The van der Waals surface area contributed by atoms with Crippen molar-refractivity contribution in [3.8, 4) is 22.8 Å². The lowest BCUT2D eigenvalue weighted by Crippen LogP contribution is -2.21. The Morgan fingerprint density at radius 2 is 1.76 bits per heavy atom. The van der Waals surface area contributed by atoms with Crippen LogP contribution in [0.5, 0.6) is 11.5 Å². The average Bonchev–Trinajstić information content (AvgIpc) is 3.51. The summed E-state index contributed by atoms with van der Waals surface area (Å²) in [5.41, 5.74) is 6.87. The highest BCUT2D eigenvalue weighted by molar-refractivity contribution is 14.1. The van der Waals surface area contributed by atoms with Crippen molar-refractivity contribution in [2.45, 2.75) is 6.92 Å². The van der Waals surface area contributed by atoms with Gasteiger partial charge in [0.05, 0.1) is 32.8 Å². The number of anilines is 3. The molecular formula is C33H27ClIN5O4S. The van der Waals surface area contributed by atoms with Crippen molar-refractivity contribution in [3.63, 3.8) is 0 Å². The van der Waals surface area contributed by atoms with Crippen molar-refractivity contribution in [1.82, 2.24) is 10.4 Å². The number of nitrogens with zero attached hydrogens (tertiary/aromatic N) is 2. The summed E-state index contributed by atoms with van der Waals surface area (Å²) < 4.78 is 12.3. The first kappa shape index (κ1) is 31.9. The van der Waals surface area contributed by atoms with Gasteiger partial charge in [-0.2, -0.15) is 5.10 Å². The molecule has 12 heteroatoms. The zero-order valence-corrected chi connectivity index (χ0v) is 27.7. The highest BCUT2D eigenvalue weighted by Gasteiger charge is 2.15. The molecule has 0 spiro atoms. The summed E-state index contributed by atoms with van der Waals surface area (Å²) in [5, 5.41) is 13.3. The third-order valence-electron chi connectivity index (χ3n) is 6.18. The van der Waals surface area contributed by atoms with E-state index >= 15 is 0 Å². The Morgan fingerprint density at radius 1 is 1.00 bits per heavy atom. The second-order valence-electron chi connectivity index (χ2n) is 9.39. The van der Waals surface area contributed by atoms with Gasteiger partial charge in [-0.15, -0.1) is 11.3 Å². The fourth-order valence-corrected chi connectivity index (χ4v) is 5.79. The number of carbonyl (C=O) groups excluding carboxylic acids is 2. The molecule has 1 heterocycles. The van der Waals surface area contributed by atoms with Gasteiger partial charge >= 0.3 is 0 Å². The molecule has 0 aliphatic carbocycles. The summed E-state index contributed by atoms with van der Waals surface area (Å²) in [6.07, 6.45) is 1.52. The van der Waals surface area contributed by atoms with E-state index in [0.717, 1.165) is 22.1 Å². The smallest absolute Gasteiger partial charge is 0.271 e. The Bertz CT molecular complexity index is 1820. The highest BCUT2D eigenvalue weighted by Crippen LogP contribution is 2.34. The fraction of sp³-hybridized carbons (Fsp3) is 0.0909. The molecule has 0 aliphatic heterocycles. The minimum atomic E-state index is -0.362. The maximum atomic E-state index is 12.7. The van der Waals surface area contributed by atoms with Gasteiger partial charge in [-0.05, 0) is 83.6 Å². The summed E-state index contributed by atoms with van der Waals surface area (Å²) >= 11 is 9.73. The van der Waals surface area contributed by atoms with Crippen LogP contribution in [0.25, 0.3) is 11.3 Å². The summed E-state index contributed by atoms with van der Waals surface area (Å²) in [6.45, 7) is 2.00. The molecule has 0 atom stereocenters. The number of hydrogen-bond donors (Lipinski definition) is 3. The van der Waals surface area contributed by atoms with E-state index in [1.165, 1.54) is 17.6 Å². The van der Waals surface area contributed by atoms with Gasteiger partial charge in [0, 0.05) is 22.2 Å². The van der Waals surface area contributed by atoms with Crippen molar-refractivity contribution in [2.24, 2.45) is 5.10 Å². The summed E-state index contributed by atoms with van der Waals surface area (Å²) in [4.78, 5) is 29.8. The standard InChI is InChI=1S/C33H27ClIN5O4S/c1-2-43-29-17-21(16-26(35)31(29)44-19-30(41)38-27-11-7-6-10-25(27)34)18-36-40-32(42)23-14-12-22(13-15-23)28-20-45-33(39-28)37-24-8-4-3-5-9-24/h3-18,20H,2,19H2,1H3,(H,37,39)(H,38,41)(H,40,42)/b36-18+. The number of carbonyl (C=O) groups is 2. The Kier molecular flexibility index (Phi) is 11.0. The zero-order valence-electron chi connectivity index (χ0n) is 23.9. The minimum absolute atomic E-state index is 0.238. The molecule has 5 aromatic rings. The Morgan fingerprint density at radius 3 is 2.51 bits per heavy atom. The molecule has 3 N–H and O–H groups in total. The van der Waals surface area contributed by atoms with Crippen LogP contribution in [0.3, 0.4) is 0 Å². The van der Waals surface area contributed by atoms with Crippen LogP contribution in [0.1, 0.15) is 22.8 Å². The van der Waals surface area contributed by atoms with Crippen LogP contribution in [-0.2, 0) is 4.79 Å². The van der Waals surface area contributed by atoms with Crippen LogP contribution in [0.2, 0.25) is 5.02 Å². The van der Waals surface area contributed by atoms with Gasteiger partial charge < -0.3 is 20.1 Å². The first-order valence-electron chi connectivity index (χ1n) is 13.7. The number of thiazole rings is 1. The molecule has 0 fully saturated rings. The Hall–Kier alpha value is -4.46. The monoisotopic (exact) mass is 751 g/mol. The van der Waals surface area contributed by atoms with E-state index in [4.69, 9.17) is 21.1 Å². The highest BCUT2D eigenvalue weighted by atomic mass is 127. The van der Waals surface area contributed by atoms with Gasteiger partial charge in [0.25, 0.3) is 11.8 Å². The van der Waals surface area contributed by atoms with E-state index < -0.39 is 0 Å². The van der Waals surface area contributed by atoms with Crippen LogP contribution in [0, 0.1) is 3.57 Å². The quantitative estimate of drug-likeness (QED) is 0.0677. The SMILES string of the molecule is CCOc1cc(/C=N/NC(=O)c2ccc(-c3csc(Nc4ccccc4)n3)cc2)cc(I)c1OCC(=O)Nc1ccccc1Cl. The van der Waals surface area contributed by atoms with Gasteiger partial charge in [0.2, 0.25) is 0 Å². The second kappa shape index (κ2) is 15.5. The molecule has 228 valence electrons. The molecule has 0 saturated heterocycles. The predicted molar refractivity (Wildman–Crippen MR) is 188 cm³/mol. The number of hydrogen-bond acceptors (Lipinski definition) is 8. The summed E-state index contributed by atoms with van der Waals surface area (Å²) in [6, 6.07) is 27.5.